The molecule has 2 saturated heterocycles. The Morgan fingerprint density at radius 3 is 2.34 bits per heavy atom. The topological polar surface area (TPSA) is 122 Å². The van der Waals surface area contributed by atoms with Crippen molar-refractivity contribution in [2.75, 3.05) is 6.61 Å². The maximum absolute atomic E-state index is 12.9. The highest BCUT2D eigenvalue weighted by Gasteiger charge is 2.52. The molecule has 10 nitrogen and oxygen atoms in total. The zero-order valence-corrected chi connectivity index (χ0v) is 21.9. The van der Waals surface area contributed by atoms with Crippen molar-refractivity contribution in [3.05, 3.63) is 71.8 Å². The van der Waals surface area contributed by atoms with E-state index >= 15 is 0 Å². The maximum atomic E-state index is 12.9. The second kappa shape index (κ2) is 12.2. The van der Waals surface area contributed by atoms with Crippen molar-refractivity contribution in [3.8, 4) is 0 Å². The van der Waals surface area contributed by atoms with Gasteiger partial charge in [-0.05, 0) is 33.3 Å². The minimum Gasteiger partial charge on any atom is -0.479 e. The molecule has 2 aromatic carbocycles. The lowest BCUT2D eigenvalue weighted by Gasteiger charge is -2.49. The van der Waals surface area contributed by atoms with Crippen LogP contribution in [0.4, 0.5) is 4.79 Å². The molecule has 38 heavy (non-hydrogen) atoms. The average molecular weight is 530 g/mol. The smallest absolute Gasteiger partial charge is 0.408 e. The summed E-state index contributed by atoms with van der Waals surface area (Å²) in [5.74, 6) is -1.16. The first kappa shape index (κ1) is 28.0. The van der Waals surface area contributed by atoms with Gasteiger partial charge < -0.3 is 38.8 Å². The van der Waals surface area contributed by atoms with Crippen LogP contribution in [0.5, 0.6) is 0 Å². The number of carbonyl (C=O) groups is 2. The van der Waals surface area contributed by atoms with Crippen molar-refractivity contribution in [1.82, 2.24) is 5.32 Å². The Labute approximate surface area is 222 Å². The molecular weight excluding hydrogens is 494 g/mol. The van der Waals surface area contributed by atoms with E-state index in [-0.39, 0.29) is 13.2 Å². The second-order valence-electron chi connectivity index (χ2n) is 10.3. The number of amides is 1. The van der Waals surface area contributed by atoms with E-state index in [1.165, 1.54) is 6.92 Å². The molecule has 2 N–H and O–H groups in total. The number of fused-ring (bicyclic) bond motifs is 1. The van der Waals surface area contributed by atoms with Gasteiger partial charge in [-0.2, -0.15) is 0 Å². The minimum atomic E-state index is -1.20. The Morgan fingerprint density at radius 2 is 1.71 bits per heavy atom. The van der Waals surface area contributed by atoms with Crippen molar-refractivity contribution >= 4 is 12.1 Å². The van der Waals surface area contributed by atoms with Crippen LogP contribution >= 0.6 is 0 Å². The normalized spacial score (nSPS) is 28.1. The van der Waals surface area contributed by atoms with Gasteiger partial charge in [-0.3, -0.25) is 0 Å². The number of benzene rings is 2. The fourth-order valence-corrected chi connectivity index (χ4v) is 4.30. The summed E-state index contributed by atoms with van der Waals surface area (Å²) in [6.07, 6.45) is -6.01. The standard InChI is InChI=1S/C28H35NO9/c1-17(24(30)31)35-23-21(29-27(32)38-28(2,3)4)26(33-15-18-11-7-5-8-12-18)36-20-16-34-25(37-22(20)23)19-13-9-6-10-14-19/h5-14,17,20-23,25-26H,15-16H2,1-4H3,(H,29,32)(H,30,31)/t17-,20-,21-,22-,23-,25-,26-/m1/s1. The summed E-state index contributed by atoms with van der Waals surface area (Å²) in [6.45, 7) is 6.99. The molecule has 1 amide bonds. The van der Waals surface area contributed by atoms with E-state index in [1.54, 1.807) is 20.8 Å². The van der Waals surface area contributed by atoms with Gasteiger partial charge in [0, 0.05) is 5.56 Å². The third kappa shape index (κ3) is 7.30. The fraction of sp³-hybridized carbons (Fsp3) is 0.500. The highest BCUT2D eigenvalue weighted by molar-refractivity contribution is 5.71. The largest absolute Gasteiger partial charge is 0.479 e. The van der Waals surface area contributed by atoms with Crippen molar-refractivity contribution in [3.63, 3.8) is 0 Å². The van der Waals surface area contributed by atoms with Gasteiger partial charge in [0.15, 0.2) is 18.7 Å². The van der Waals surface area contributed by atoms with Gasteiger partial charge in [-0.15, -0.1) is 0 Å². The number of alkyl carbamates (subject to hydrolysis) is 1. The molecule has 0 aromatic heterocycles. The number of ether oxygens (including phenoxy) is 6. The van der Waals surface area contributed by atoms with E-state index in [4.69, 9.17) is 28.4 Å². The number of nitrogens with one attached hydrogen (secondary N) is 1. The molecule has 2 heterocycles. The Morgan fingerprint density at radius 1 is 1.05 bits per heavy atom. The minimum absolute atomic E-state index is 0.149. The van der Waals surface area contributed by atoms with Crippen LogP contribution < -0.4 is 5.32 Å². The van der Waals surface area contributed by atoms with Crippen LogP contribution in [0.2, 0.25) is 0 Å². The van der Waals surface area contributed by atoms with Crippen LogP contribution in [0, 0.1) is 0 Å². The molecule has 4 rings (SSSR count). The number of rotatable bonds is 8. The van der Waals surface area contributed by atoms with Crippen LogP contribution in [0.1, 0.15) is 45.1 Å². The molecule has 7 atom stereocenters. The molecule has 0 aliphatic carbocycles. The molecule has 0 radical (unpaired) electrons. The van der Waals surface area contributed by atoms with Crippen molar-refractivity contribution < 1.29 is 43.1 Å². The molecule has 2 aliphatic rings. The van der Waals surface area contributed by atoms with E-state index in [9.17, 15) is 14.7 Å². The van der Waals surface area contributed by atoms with Gasteiger partial charge in [0.2, 0.25) is 0 Å². The molecule has 0 bridgehead atoms. The molecule has 0 saturated carbocycles. The lowest BCUT2D eigenvalue weighted by atomic mass is 9.95. The first-order valence-corrected chi connectivity index (χ1v) is 12.6. The predicted molar refractivity (Wildman–Crippen MR) is 135 cm³/mol. The first-order valence-electron chi connectivity index (χ1n) is 12.6. The highest BCUT2D eigenvalue weighted by atomic mass is 16.8. The zero-order valence-electron chi connectivity index (χ0n) is 21.9. The number of carbonyl (C=O) groups excluding carboxylic acids is 1. The van der Waals surface area contributed by atoms with E-state index in [0.29, 0.717) is 0 Å². The van der Waals surface area contributed by atoms with E-state index in [0.717, 1.165) is 11.1 Å². The van der Waals surface area contributed by atoms with E-state index in [2.05, 4.69) is 5.32 Å². The van der Waals surface area contributed by atoms with Gasteiger partial charge in [-0.25, -0.2) is 9.59 Å². The molecule has 2 fully saturated rings. The summed E-state index contributed by atoms with van der Waals surface area (Å²) < 4.78 is 36.1. The lowest BCUT2D eigenvalue weighted by Crippen LogP contribution is -2.68. The Balaban J connectivity index is 1.63. The molecule has 0 unspecified atom stereocenters. The summed E-state index contributed by atoms with van der Waals surface area (Å²) >= 11 is 0. The van der Waals surface area contributed by atoms with Crippen LogP contribution in [0.25, 0.3) is 0 Å². The third-order valence-electron chi connectivity index (χ3n) is 6.06. The van der Waals surface area contributed by atoms with Crippen LogP contribution in [-0.2, 0) is 39.8 Å². The SMILES string of the molecule is C[C@@H](O[C@@H]1[C@@H](NC(=O)OC(C)(C)C)[C@H](OCc2ccccc2)O[C@@H]2CO[C@@H](c3ccccc3)O[C@@H]12)C(=O)O. The molecule has 10 heteroatoms. The summed E-state index contributed by atoms with van der Waals surface area (Å²) in [7, 11) is 0. The maximum Gasteiger partial charge on any atom is 0.408 e. The van der Waals surface area contributed by atoms with Crippen LogP contribution in [-0.4, -0.2) is 66.1 Å². The van der Waals surface area contributed by atoms with Gasteiger partial charge in [0.05, 0.1) is 13.2 Å². The molecule has 0 spiro atoms. The van der Waals surface area contributed by atoms with Crippen LogP contribution in [0.3, 0.4) is 0 Å². The number of aliphatic carboxylic acids is 1. The quantitative estimate of drug-likeness (QED) is 0.526. The lowest BCUT2D eigenvalue weighted by molar-refractivity contribution is -0.351. The van der Waals surface area contributed by atoms with Crippen LogP contribution in [0.15, 0.2) is 60.7 Å². The number of carboxylic acids is 1. The molecular formula is C28H35NO9. The van der Waals surface area contributed by atoms with Crippen molar-refractivity contribution in [2.24, 2.45) is 0 Å². The summed E-state index contributed by atoms with van der Waals surface area (Å²) in [6, 6.07) is 17.9. The summed E-state index contributed by atoms with van der Waals surface area (Å²) in [5, 5.41) is 12.4. The number of hydrogen-bond acceptors (Lipinski definition) is 8. The Hall–Kier alpha value is -3.02. The predicted octanol–water partition coefficient (Wildman–Crippen LogP) is 3.79. The Kier molecular flexibility index (Phi) is 9.01. The van der Waals surface area contributed by atoms with Gasteiger partial charge in [0.25, 0.3) is 0 Å². The third-order valence-corrected chi connectivity index (χ3v) is 6.06. The monoisotopic (exact) mass is 529 g/mol. The summed E-state index contributed by atoms with van der Waals surface area (Å²) in [4.78, 5) is 24.6. The number of hydrogen-bond donors (Lipinski definition) is 2. The second-order valence-corrected chi connectivity index (χ2v) is 10.3. The van der Waals surface area contributed by atoms with Gasteiger partial charge in [-0.1, -0.05) is 60.7 Å². The molecule has 2 aliphatic heterocycles. The van der Waals surface area contributed by atoms with Gasteiger partial charge >= 0.3 is 12.1 Å². The fourth-order valence-electron chi connectivity index (χ4n) is 4.30. The Bertz CT molecular complexity index is 1060. The molecule has 206 valence electrons. The van der Waals surface area contributed by atoms with E-state index < -0.39 is 60.7 Å². The van der Waals surface area contributed by atoms with E-state index in [1.807, 2.05) is 60.7 Å². The zero-order chi connectivity index (χ0) is 27.3. The highest BCUT2D eigenvalue weighted by Crippen LogP contribution is 2.36. The van der Waals surface area contributed by atoms with Crippen molar-refractivity contribution in [1.29, 1.82) is 0 Å². The molecule has 2 aromatic rings. The van der Waals surface area contributed by atoms with Gasteiger partial charge in [0.1, 0.15) is 30.0 Å². The van der Waals surface area contributed by atoms with Crippen molar-refractivity contribution in [2.45, 2.75) is 82.9 Å². The summed E-state index contributed by atoms with van der Waals surface area (Å²) in [5.41, 5.74) is 0.918. The average Bonchev–Trinajstić information content (AvgIpc) is 2.88. The first-order chi connectivity index (χ1) is 18.1. The number of carboxylic acid groups (broad SMARTS) is 1.